The van der Waals surface area contributed by atoms with E-state index in [9.17, 15) is 5.26 Å². The largest absolute Gasteiger partial charge is 0.494 e. The van der Waals surface area contributed by atoms with Crippen molar-refractivity contribution < 1.29 is 9.47 Å². The van der Waals surface area contributed by atoms with Gasteiger partial charge in [-0.1, -0.05) is 12.1 Å². The molecular weight excluding hydrogens is 358 g/mol. The van der Waals surface area contributed by atoms with Gasteiger partial charge in [-0.05, 0) is 50.2 Å². The first-order valence-corrected chi connectivity index (χ1v) is 9.36. The van der Waals surface area contributed by atoms with Crippen LogP contribution in [-0.4, -0.2) is 11.6 Å². The van der Waals surface area contributed by atoms with Crippen LogP contribution in [0.3, 0.4) is 0 Å². The highest BCUT2D eigenvalue weighted by Crippen LogP contribution is 2.31. The maximum Gasteiger partial charge on any atom is 0.150 e. The lowest BCUT2D eigenvalue weighted by molar-refractivity contribution is 0.339. The molecule has 0 aliphatic carbocycles. The van der Waals surface area contributed by atoms with Crippen molar-refractivity contribution in [1.29, 1.82) is 5.26 Å². The van der Waals surface area contributed by atoms with Gasteiger partial charge in [-0.3, -0.25) is 0 Å². The van der Waals surface area contributed by atoms with Crippen LogP contribution >= 0.6 is 11.3 Å². The van der Waals surface area contributed by atoms with Crippen molar-refractivity contribution in [2.45, 2.75) is 13.8 Å². The molecule has 2 aromatic carbocycles. The molecule has 6 heteroatoms. The summed E-state index contributed by atoms with van der Waals surface area (Å²) in [6, 6.07) is 17.2. The summed E-state index contributed by atoms with van der Waals surface area (Å²) in [7, 11) is 0. The summed E-state index contributed by atoms with van der Waals surface area (Å²) in [4.78, 5) is 4.35. The molecule has 0 spiro atoms. The minimum atomic E-state index is 0.476. The van der Waals surface area contributed by atoms with E-state index < -0.39 is 0 Å². The van der Waals surface area contributed by atoms with E-state index in [1.807, 2.05) is 67.8 Å². The number of hydrogen-bond acceptors (Lipinski definition) is 6. The fourth-order valence-corrected chi connectivity index (χ4v) is 3.10. The van der Waals surface area contributed by atoms with Crippen LogP contribution in [0.25, 0.3) is 5.57 Å². The van der Waals surface area contributed by atoms with Crippen molar-refractivity contribution in [3.05, 3.63) is 70.8 Å². The van der Waals surface area contributed by atoms with Crippen molar-refractivity contribution in [2.24, 2.45) is 0 Å². The summed E-state index contributed by atoms with van der Waals surface area (Å²) < 4.78 is 11.4. The average molecular weight is 377 g/mol. The Balaban J connectivity index is 1.77. The number of aromatic nitrogens is 1. The molecule has 0 atom stereocenters. The minimum Gasteiger partial charge on any atom is -0.494 e. The molecule has 3 rings (SSSR count). The van der Waals surface area contributed by atoms with E-state index in [-0.39, 0.29) is 0 Å². The van der Waals surface area contributed by atoms with Crippen LogP contribution in [0.5, 0.6) is 17.2 Å². The number of nitrogens with zero attached hydrogens (tertiary/aromatic N) is 2. The van der Waals surface area contributed by atoms with Gasteiger partial charge in [0.25, 0.3) is 0 Å². The first-order valence-electron chi connectivity index (χ1n) is 8.48. The SMILES string of the molecule is CCOc1ccc(Oc2ccccc2N/C=C(\C#N)c2nc(C)cs2)cc1. The van der Waals surface area contributed by atoms with Crippen LogP contribution in [0.2, 0.25) is 0 Å². The van der Waals surface area contributed by atoms with E-state index in [0.717, 1.165) is 17.1 Å². The molecule has 136 valence electrons. The number of allylic oxidation sites excluding steroid dienone is 1. The zero-order valence-electron chi connectivity index (χ0n) is 15.1. The lowest BCUT2D eigenvalue weighted by Crippen LogP contribution is -1.95. The molecule has 0 saturated carbocycles. The van der Waals surface area contributed by atoms with Gasteiger partial charge >= 0.3 is 0 Å². The number of rotatable bonds is 7. The molecule has 0 aliphatic heterocycles. The second kappa shape index (κ2) is 8.88. The monoisotopic (exact) mass is 377 g/mol. The number of ether oxygens (including phenoxy) is 2. The predicted molar refractivity (Wildman–Crippen MR) is 108 cm³/mol. The van der Waals surface area contributed by atoms with Crippen LogP contribution < -0.4 is 14.8 Å². The Bertz CT molecular complexity index is 972. The number of aryl methyl sites for hydroxylation is 1. The molecule has 3 aromatic rings. The van der Waals surface area contributed by atoms with E-state index in [2.05, 4.69) is 16.4 Å². The molecule has 1 aromatic heterocycles. The van der Waals surface area contributed by atoms with Crippen LogP contribution in [-0.2, 0) is 0 Å². The minimum absolute atomic E-state index is 0.476. The Kier molecular flexibility index (Phi) is 6.08. The van der Waals surface area contributed by atoms with Gasteiger partial charge in [0, 0.05) is 17.3 Å². The molecular formula is C21H19N3O2S. The van der Waals surface area contributed by atoms with Crippen molar-refractivity contribution in [3.8, 4) is 23.3 Å². The van der Waals surface area contributed by atoms with Crippen LogP contribution in [0.4, 0.5) is 5.69 Å². The highest BCUT2D eigenvalue weighted by Gasteiger charge is 2.07. The highest BCUT2D eigenvalue weighted by atomic mass is 32.1. The summed E-state index contributed by atoms with van der Waals surface area (Å²) in [5.41, 5.74) is 2.13. The van der Waals surface area contributed by atoms with Crippen molar-refractivity contribution in [3.63, 3.8) is 0 Å². The second-order valence-electron chi connectivity index (χ2n) is 5.61. The van der Waals surface area contributed by atoms with Crippen LogP contribution in [0.15, 0.2) is 60.1 Å². The highest BCUT2D eigenvalue weighted by molar-refractivity contribution is 7.10. The summed E-state index contributed by atoms with van der Waals surface area (Å²) in [6.45, 7) is 4.48. The van der Waals surface area contributed by atoms with E-state index in [0.29, 0.717) is 28.7 Å². The normalized spacial score (nSPS) is 10.9. The molecule has 0 aliphatic rings. The molecule has 0 fully saturated rings. The number of benzene rings is 2. The molecule has 27 heavy (non-hydrogen) atoms. The second-order valence-corrected chi connectivity index (χ2v) is 6.47. The quantitative estimate of drug-likeness (QED) is 0.541. The Hall–Kier alpha value is -3.30. The number of hydrogen-bond donors (Lipinski definition) is 1. The van der Waals surface area contributed by atoms with Gasteiger partial charge in [-0.15, -0.1) is 11.3 Å². The zero-order valence-corrected chi connectivity index (χ0v) is 15.9. The van der Waals surface area contributed by atoms with Gasteiger partial charge in [-0.2, -0.15) is 5.26 Å². The van der Waals surface area contributed by atoms with Crippen molar-refractivity contribution >= 4 is 22.6 Å². The Morgan fingerprint density at radius 3 is 2.59 bits per heavy atom. The lowest BCUT2D eigenvalue weighted by Gasteiger charge is -2.11. The Morgan fingerprint density at radius 2 is 1.93 bits per heavy atom. The van der Waals surface area contributed by atoms with Gasteiger partial charge in [0.05, 0.1) is 12.3 Å². The number of nitrogens with one attached hydrogen (secondary N) is 1. The van der Waals surface area contributed by atoms with Gasteiger partial charge in [0.1, 0.15) is 28.1 Å². The standard InChI is InChI=1S/C21H19N3O2S/c1-3-25-17-8-10-18(11-9-17)26-20-7-5-4-6-19(20)23-13-16(12-22)21-24-15(2)14-27-21/h4-11,13-14,23H,3H2,1-2H3/b16-13+. The third kappa shape index (κ3) is 4.87. The summed E-state index contributed by atoms with van der Waals surface area (Å²) >= 11 is 1.44. The fraction of sp³-hybridized carbons (Fsp3) is 0.143. The summed E-state index contributed by atoms with van der Waals surface area (Å²) in [5.74, 6) is 2.16. The fourth-order valence-electron chi connectivity index (χ4n) is 2.34. The maximum absolute atomic E-state index is 9.41. The van der Waals surface area contributed by atoms with Gasteiger partial charge in [0.2, 0.25) is 0 Å². The maximum atomic E-state index is 9.41. The average Bonchev–Trinajstić information content (AvgIpc) is 3.11. The van der Waals surface area contributed by atoms with E-state index in [4.69, 9.17) is 9.47 Å². The molecule has 1 heterocycles. The third-order valence-electron chi connectivity index (χ3n) is 3.59. The molecule has 5 nitrogen and oxygen atoms in total. The Labute approximate surface area is 162 Å². The van der Waals surface area contributed by atoms with Gasteiger partial charge < -0.3 is 14.8 Å². The van der Waals surface area contributed by atoms with Crippen molar-refractivity contribution in [1.82, 2.24) is 4.98 Å². The van der Waals surface area contributed by atoms with E-state index in [1.54, 1.807) is 6.20 Å². The molecule has 0 saturated heterocycles. The predicted octanol–water partition coefficient (Wildman–Crippen LogP) is 5.62. The van der Waals surface area contributed by atoms with E-state index >= 15 is 0 Å². The van der Waals surface area contributed by atoms with Crippen LogP contribution in [0, 0.1) is 18.3 Å². The van der Waals surface area contributed by atoms with E-state index in [1.165, 1.54) is 11.3 Å². The topological polar surface area (TPSA) is 67.2 Å². The first-order chi connectivity index (χ1) is 13.2. The first kappa shape index (κ1) is 18.5. The molecule has 0 radical (unpaired) electrons. The lowest BCUT2D eigenvalue weighted by atomic mass is 10.2. The number of anilines is 1. The summed E-state index contributed by atoms with van der Waals surface area (Å²) in [5, 5.41) is 15.2. The smallest absolute Gasteiger partial charge is 0.150 e. The van der Waals surface area contributed by atoms with Crippen LogP contribution in [0.1, 0.15) is 17.6 Å². The molecule has 1 N–H and O–H groups in total. The zero-order chi connectivity index (χ0) is 19.1. The number of para-hydroxylation sites is 2. The molecule has 0 unspecified atom stereocenters. The molecule has 0 amide bonds. The van der Waals surface area contributed by atoms with Gasteiger partial charge in [-0.25, -0.2) is 4.98 Å². The summed E-state index contributed by atoms with van der Waals surface area (Å²) in [6.07, 6.45) is 1.65. The molecule has 0 bridgehead atoms. The Morgan fingerprint density at radius 1 is 1.19 bits per heavy atom. The van der Waals surface area contributed by atoms with Gasteiger partial charge in [0.15, 0.2) is 5.75 Å². The third-order valence-corrected chi connectivity index (χ3v) is 4.58. The number of nitriles is 1. The number of thiazole rings is 1. The van der Waals surface area contributed by atoms with Crippen molar-refractivity contribution in [2.75, 3.05) is 11.9 Å².